The van der Waals surface area contributed by atoms with Crippen molar-refractivity contribution in [1.82, 2.24) is 5.32 Å². The summed E-state index contributed by atoms with van der Waals surface area (Å²) in [6.07, 6.45) is 3.76. The molecule has 0 fully saturated rings. The highest BCUT2D eigenvalue weighted by Crippen LogP contribution is 2.17. The second-order valence-corrected chi connectivity index (χ2v) is 8.00. The fourth-order valence-electron chi connectivity index (χ4n) is 2.08. The topological polar surface area (TPSA) is 46.2 Å². The molecule has 0 aliphatic carbocycles. The molecule has 5 heteroatoms. The van der Waals surface area contributed by atoms with Crippen LogP contribution >= 0.6 is 15.9 Å². The van der Waals surface area contributed by atoms with E-state index in [1.807, 2.05) is 0 Å². The van der Waals surface area contributed by atoms with Crippen LogP contribution in [0.5, 0.6) is 0 Å². The van der Waals surface area contributed by atoms with E-state index in [1.165, 1.54) is 0 Å². The van der Waals surface area contributed by atoms with Gasteiger partial charge in [0.2, 0.25) is 0 Å². The summed E-state index contributed by atoms with van der Waals surface area (Å²) in [6.45, 7) is 5.27. The highest BCUT2D eigenvalue weighted by molar-refractivity contribution is 9.10. The molecule has 0 aromatic heterocycles. The molecule has 0 heterocycles. The molecule has 20 heavy (non-hydrogen) atoms. The van der Waals surface area contributed by atoms with E-state index in [0.717, 1.165) is 30.3 Å². The highest BCUT2D eigenvalue weighted by atomic mass is 79.9. The van der Waals surface area contributed by atoms with Gasteiger partial charge < -0.3 is 5.32 Å². The minimum atomic E-state index is -3.15. The van der Waals surface area contributed by atoms with Crippen molar-refractivity contribution >= 4 is 25.8 Å². The molecule has 1 atom stereocenters. The molecule has 0 spiro atoms. The largest absolute Gasteiger partial charge is 0.314 e. The van der Waals surface area contributed by atoms with Crippen LogP contribution in [0.1, 0.15) is 39.5 Å². The van der Waals surface area contributed by atoms with Gasteiger partial charge in [-0.05, 0) is 56.5 Å². The Morgan fingerprint density at radius 2 is 1.85 bits per heavy atom. The maximum absolute atomic E-state index is 12.2. The van der Waals surface area contributed by atoms with E-state index in [-0.39, 0.29) is 5.75 Å². The van der Waals surface area contributed by atoms with Gasteiger partial charge >= 0.3 is 0 Å². The molecule has 0 saturated heterocycles. The van der Waals surface area contributed by atoms with Crippen LogP contribution in [0.4, 0.5) is 0 Å². The van der Waals surface area contributed by atoms with Gasteiger partial charge in [0.1, 0.15) is 0 Å². The van der Waals surface area contributed by atoms with Crippen LogP contribution < -0.4 is 5.32 Å². The van der Waals surface area contributed by atoms with Crippen LogP contribution in [0.25, 0.3) is 0 Å². The second kappa shape index (κ2) is 8.80. The standard InChI is InChI=1S/C15H24BrNO2S/c1-3-11-17-14(4-2)6-5-12-20(18,19)15-9-7-13(16)8-10-15/h7-10,14,17H,3-6,11-12H2,1-2H3. The number of halogens is 1. The van der Waals surface area contributed by atoms with Gasteiger partial charge in [-0.2, -0.15) is 0 Å². The monoisotopic (exact) mass is 361 g/mol. The van der Waals surface area contributed by atoms with Crippen LogP contribution in [0.15, 0.2) is 33.6 Å². The first kappa shape index (κ1) is 17.7. The SMILES string of the molecule is CCCNC(CC)CCCS(=O)(=O)c1ccc(Br)cc1. The van der Waals surface area contributed by atoms with E-state index in [9.17, 15) is 8.42 Å². The average Bonchev–Trinajstić information content (AvgIpc) is 2.43. The Labute approximate surface area is 131 Å². The Kier molecular flexibility index (Phi) is 7.77. The van der Waals surface area contributed by atoms with Crippen LogP contribution in [-0.2, 0) is 9.84 Å². The van der Waals surface area contributed by atoms with Crippen molar-refractivity contribution < 1.29 is 8.42 Å². The van der Waals surface area contributed by atoms with Gasteiger partial charge in [0.25, 0.3) is 0 Å². The van der Waals surface area contributed by atoms with Crippen molar-refractivity contribution in [2.24, 2.45) is 0 Å². The lowest BCUT2D eigenvalue weighted by atomic mass is 10.1. The smallest absolute Gasteiger partial charge is 0.178 e. The zero-order valence-corrected chi connectivity index (χ0v) is 14.6. The number of hydrogen-bond acceptors (Lipinski definition) is 3. The van der Waals surface area contributed by atoms with Gasteiger partial charge in [0.05, 0.1) is 10.6 Å². The predicted molar refractivity (Wildman–Crippen MR) is 87.8 cm³/mol. The fraction of sp³-hybridized carbons (Fsp3) is 0.600. The maximum atomic E-state index is 12.2. The summed E-state index contributed by atoms with van der Waals surface area (Å²) in [5.74, 6) is 0.221. The van der Waals surface area contributed by atoms with E-state index in [1.54, 1.807) is 24.3 Å². The first-order valence-corrected chi connectivity index (χ1v) is 9.65. The number of hydrogen-bond donors (Lipinski definition) is 1. The molecule has 1 rings (SSSR count). The Morgan fingerprint density at radius 3 is 2.40 bits per heavy atom. The summed E-state index contributed by atoms with van der Waals surface area (Å²) in [4.78, 5) is 0.412. The van der Waals surface area contributed by atoms with Gasteiger partial charge in [0.15, 0.2) is 9.84 Å². The zero-order chi connectivity index (χ0) is 15.0. The summed E-state index contributed by atoms with van der Waals surface area (Å²) in [5, 5.41) is 3.45. The van der Waals surface area contributed by atoms with Crippen molar-refractivity contribution in [1.29, 1.82) is 0 Å². The summed E-state index contributed by atoms with van der Waals surface area (Å²) in [6, 6.07) is 7.28. The second-order valence-electron chi connectivity index (χ2n) is 4.97. The molecule has 114 valence electrons. The van der Waals surface area contributed by atoms with Crippen molar-refractivity contribution in [3.63, 3.8) is 0 Å². The number of benzene rings is 1. The molecule has 0 amide bonds. The molecular formula is C15H24BrNO2S. The zero-order valence-electron chi connectivity index (χ0n) is 12.2. The molecule has 1 unspecified atom stereocenters. The number of sulfone groups is 1. The molecule has 0 bridgehead atoms. The van der Waals surface area contributed by atoms with Gasteiger partial charge in [-0.25, -0.2) is 8.42 Å². The number of nitrogens with one attached hydrogen (secondary N) is 1. The first-order valence-electron chi connectivity index (χ1n) is 7.21. The molecule has 1 aromatic rings. The molecule has 0 aliphatic heterocycles. The molecule has 1 aromatic carbocycles. The summed E-state index contributed by atoms with van der Waals surface area (Å²) < 4.78 is 25.3. The van der Waals surface area contributed by atoms with Crippen molar-refractivity contribution in [2.75, 3.05) is 12.3 Å². The van der Waals surface area contributed by atoms with Crippen molar-refractivity contribution in [2.45, 2.75) is 50.5 Å². The fourth-order valence-corrected chi connectivity index (χ4v) is 3.68. The Balaban J connectivity index is 2.49. The van der Waals surface area contributed by atoms with Crippen LogP contribution in [0.3, 0.4) is 0 Å². The van der Waals surface area contributed by atoms with Gasteiger partial charge in [-0.1, -0.05) is 29.8 Å². The molecule has 3 nitrogen and oxygen atoms in total. The van der Waals surface area contributed by atoms with Crippen LogP contribution in [0, 0.1) is 0 Å². The quantitative estimate of drug-likeness (QED) is 0.727. The lowest BCUT2D eigenvalue weighted by Crippen LogP contribution is -2.29. The molecule has 0 aliphatic rings. The van der Waals surface area contributed by atoms with Gasteiger partial charge in [0, 0.05) is 10.5 Å². The molecule has 0 saturated carbocycles. The minimum absolute atomic E-state index is 0.221. The van der Waals surface area contributed by atoms with E-state index < -0.39 is 9.84 Å². The van der Waals surface area contributed by atoms with E-state index in [4.69, 9.17) is 0 Å². The third kappa shape index (κ3) is 5.94. The lowest BCUT2D eigenvalue weighted by Gasteiger charge is -2.16. The van der Waals surface area contributed by atoms with Gasteiger partial charge in [-0.15, -0.1) is 0 Å². The molecular weight excluding hydrogens is 338 g/mol. The predicted octanol–water partition coefficient (Wildman–Crippen LogP) is 3.78. The van der Waals surface area contributed by atoms with E-state index in [0.29, 0.717) is 17.4 Å². The third-order valence-electron chi connectivity index (χ3n) is 3.31. The third-order valence-corrected chi connectivity index (χ3v) is 5.66. The first-order chi connectivity index (χ1) is 9.49. The molecule has 0 radical (unpaired) electrons. The highest BCUT2D eigenvalue weighted by Gasteiger charge is 2.15. The molecule has 1 N–H and O–H groups in total. The summed E-state index contributed by atoms with van der Waals surface area (Å²) >= 11 is 3.31. The Bertz CT molecular complexity index is 485. The van der Waals surface area contributed by atoms with Crippen LogP contribution in [-0.4, -0.2) is 26.8 Å². The van der Waals surface area contributed by atoms with E-state index >= 15 is 0 Å². The average molecular weight is 362 g/mol. The normalized spacial score (nSPS) is 13.3. The maximum Gasteiger partial charge on any atom is 0.178 e. The number of rotatable bonds is 9. The lowest BCUT2D eigenvalue weighted by molar-refractivity contribution is 0.463. The Morgan fingerprint density at radius 1 is 1.20 bits per heavy atom. The van der Waals surface area contributed by atoms with Gasteiger partial charge in [-0.3, -0.25) is 0 Å². The van der Waals surface area contributed by atoms with Crippen molar-refractivity contribution in [3.8, 4) is 0 Å². The Hall–Kier alpha value is -0.390. The van der Waals surface area contributed by atoms with Crippen molar-refractivity contribution in [3.05, 3.63) is 28.7 Å². The van der Waals surface area contributed by atoms with E-state index in [2.05, 4.69) is 35.1 Å². The summed E-state index contributed by atoms with van der Waals surface area (Å²) in [5.41, 5.74) is 0. The van der Waals surface area contributed by atoms with Crippen LogP contribution in [0.2, 0.25) is 0 Å². The minimum Gasteiger partial charge on any atom is -0.314 e. The summed E-state index contributed by atoms with van der Waals surface area (Å²) in [7, 11) is -3.15.